The molecule has 1 heterocycles. The van der Waals surface area contributed by atoms with Crippen molar-refractivity contribution in [3.8, 4) is 0 Å². The van der Waals surface area contributed by atoms with Gasteiger partial charge in [0.25, 0.3) is 0 Å². The fourth-order valence-electron chi connectivity index (χ4n) is 2.19. The van der Waals surface area contributed by atoms with Gasteiger partial charge in [-0.1, -0.05) is 26.7 Å². The first-order valence-corrected chi connectivity index (χ1v) is 5.98. The van der Waals surface area contributed by atoms with E-state index in [-0.39, 0.29) is 0 Å². The molecule has 1 aliphatic rings. The highest BCUT2D eigenvalue weighted by molar-refractivity contribution is 5.78. The van der Waals surface area contributed by atoms with Gasteiger partial charge in [0.2, 0.25) is 0 Å². The van der Waals surface area contributed by atoms with Crippen molar-refractivity contribution >= 4 is 5.78 Å². The quantitative estimate of drug-likeness (QED) is 0.708. The summed E-state index contributed by atoms with van der Waals surface area (Å²) in [5.41, 5.74) is 0. The van der Waals surface area contributed by atoms with Crippen molar-refractivity contribution in [2.24, 2.45) is 11.8 Å². The number of rotatable bonds is 6. The number of carbonyl (C=O) groups excluding carboxylic acids is 1. The third-order valence-electron chi connectivity index (χ3n) is 3.35. The Bertz CT molecular complexity index is 163. The zero-order chi connectivity index (χ0) is 10.4. The molecule has 0 aliphatic carbocycles. The lowest BCUT2D eigenvalue weighted by Crippen LogP contribution is -2.14. The van der Waals surface area contributed by atoms with Gasteiger partial charge in [-0.15, -0.1) is 0 Å². The van der Waals surface area contributed by atoms with Gasteiger partial charge in [-0.25, -0.2) is 0 Å². The smallest absolute Gasteiger partial charge is 0.133 e. The average molecular weight is 197 g/mol. The molecule has 0 radical (unpaired) electrons. The molecule has 1 atom stereocenters. The van der Waals surface area contributed by atoms with E-state index in [1.807, 2.05) is 0 Å². The summed E-state index contributed by atoms with van der Waals surface area (Å²) < 4.78 is 0. The lowest BCUT2D eigenvalue weighted by molar-refractivity contribution is -0.120. The third kappa shape index (κ3) is 3.79. The van der Waals surface area contributed by atoms with Crippen molar-refractivity contribution in [2.75, 3.05) is 13.1 Å². The zero-order valence-electron chi connectivity index (χ0n) is 9.51. The number of hydrogen-bond donors (Lipinski definition) is 1. The summed E-state index contributed by atoms with van der Waals surface area (Å²) in [7, 11) is 0. The van der Waals surface area contributed by atoms with E-state index in [9.17, 15) is 4.79 Å². The Morgan fingerprint density at radius 3 is 2.64 bits per heavy atom. The first kappa shape index (κ1) is 11.7. The maximum Gasteiger partial charge on any atom is 0.133 e. The molecule has 1 aliphatic heterocycles. The minimum Gasteiger partial charge on any atom is -0.316 e. The molecule has 82 valence electrons. The second kappa shape index (κ2) is 6.18. The molecule has 0 saturated carbocycles. The van der Waals surface area contributed by atoms with Gasteiger partial charge in [0.15, 0.2) is 0 Å². The summed E-state index contributed by atoms with van der Waals surface area (Å²) in [5, 5.41) is 3.31. The van der Waals surface area contributed by atoms with E-state index in [2.05, 4.69) is 19.2 Å². The van der Waals surface area contributed by atoms with Crippen molar-refractivity contribution in [1.82, 2.24) is 5.32 Å². The van der Waals surface area contributed by atoms with Crippen LogP contribution in [0.15, 0.2) is 0 Å². The Morgan fingerprint density at radius 2 is 2.14 bits per heavy atom. The van der Waals surface area contributed by atoms with Crippen LogP contribution in [0.2, 0.25) is 0 Å². The topological polar surface area (TPSA) is 29.1 Å². The molecule has 2 heteroatoms. The second-order valence-corrected chi connectivity index (χ2v) is 4.49. The largest absolute Gasteiger partial charge is 0.316 e. The van der Waals surface area contributed by atoms with Gasteiger partial charge >= 0.3 is 0 Å². The van der Waals surface area contributed by atoms with Gasteiger partial charge in [0, 0.05) is 12.8 Å². The molecular weight excluding hydrogens is 174 g/mol. The first-order valence-electron chi connectivity index (χ1n) is 5.98. The van der Waals surface area contributed by atoms with E-state index >= 15 is 0 Å². The Kier molecular flexibility index (Phi) is 5.16. The molecule has 1 N–H and O–H groups in total. The van der Waals surface area contributed by atoms with Crippen LogP contribution in [0.4, 0.5) is 0 Å². The summed E-state index contributed by atoms with van der Waals surface area (Å²) in [6.07, 6.45) is 5.10. The van der Waals surface area contributed by atoms with Crippen molar-refractivity contribution in [2.45, 2.75) is 46.0 Å². The highest BCUT2D eigenvalue weighted by Crippen LogP contribution is 2.18. The summed E-state index contributed by atoms with van der Waals surface area (Å²) in [6, 6.07) is 0. The SMILES string of the molecule is CCC(CC)CC(=O)CC1CCNC1. The van der Waals surface area contributed by atoms with E-state index in [0.717, 1.165) is 38.8 Å². The zero-order valence-corrected chi connectivity index (χ0v) is 9.51. The predicted molar refractivity (Wildman–Crippen MR) is 59.3 cm³/mol. The maximum atomic E-state index is 11.7. The van der Waals surface area contributed by atoms with E-state index in [0.29, 0.717) is 17.6 Å². The molecule has 0 aromatic carbocycles. The fraction of sp³-hybridized carbons (Fsp3) is 0.917. The van der Waals surface area contributed by atoms with Crippen molar-refractivity contribution in [1.29, 1.82) is 0 Å². The second-order valence-electron chi connectivity index (χ2n) is 4.49. The molecule has 0 amide bonds. The lowest BCUT2D eigenvalue weighted by Gasteiger charge is -2.12. The molecule has 0 aromatic heterocycles. The van der Waals surface area contributed by atoms with Crippen LogP contribution in [0.1, 0.15) is 46.0 Å². The van der Waals surface area contributed by atoms with Gasteiger partial charge in [-0.05, 0) is 31.3 Å². The predicted octanol–water partition coefficient (Wildman–Crippen LogP) is 2.38. The Morgan fingerprint density at radius 1 is 1.43 bits per heavy atom. The minimum atomic E-state index is 0.479. The van der Waals surface area contributed by atoms with E-state index < -0.39 is 0 Å². The molecule has 0 aromatic rings. The van der Waals surface area contributed by atoms with Gasteiger partial charge in [0.1, 0.15) is 5.78 Å². The van der Waals surface area contributed by atoms with Crippen LogP contribution in [0, 0.1) is 11.8 Å². The van der Waals surface area contributed by atoms with Crippen LogP contribution in [0.3, 0.4) is 0 Å². The fourth-order valence-corrected chi connectivity index (χ4v) is 2.19. The number of ketones is 1. The van der Waals surface area contributed by atoms with Crippen LogP contribution >= 0.6 is 0 Å². The normalized spacial score (nSPS) is 21.8. The highest BCUT2D eigenvalue weighted by atomic mass is 16.1. The standard InChI is InChI=1S/C12H23NO/c1-3-10(4-2)7-12(14)8-11-5-6-13-9-11/h10-11,13H,3-9H2,1-2H3. The summed E-state index contributed by atoms with van der Waals surface area (Å²) in [5.74, 6) is 1.72. The molecule has 1 saturated heterocycles. The van der Waals surface area contributed by atoms with Crippen LogP contribution in [0.25, 0.3) is 0 Å². The summed E-state index contributed by atoms with van der Waals surface area (Å²) >= 11 is 0. The van der Waals surface area contributed by atoms with Crippen molar-refractivity contribution in [3.05, 3.63) is 0 Å². The van der Waals surface area contributed by atoms with Crippen LogP contribution in [0.5, 0.6) is 0 Å². The lowest BCUT2D eigenvalue weighted by atomic mass is 9.92. The van der Waals surface area contributed by atoms with Gasteiger partial charge in [-0.3, -0.25) is 4.79 Å². The molecule has 0 spiro atoms. The van der Waals surface area contributed by atoms with E-state index in [4.69, 9.17) is 0 Å². The number of nitrogens with one attached hydrogen (secondary N) is 1. The number of Topliss-reactive ketones (excluding diaryl/α,β-unsaturated/α-hetero) is 1. The molecule has 1 unspecified atom stereocenters. The summed E-state index contributed by atoms with van der Waals surface area (Å²) in [4.78, 5) is 11.7. The molecule has 2 nitrogen and oxygen atoms in total. The Hall–Kier alpha value is -0.370. The highest BCUT2D eigenvalue weighted by Gasteiger charge is 2.19. The molecule has 1 rings (SSSR count). The van der Waals surface area contributed by atoms with Crippen LogP contribution in [-0.4, -0.2) is 18.9 Å². The number of carbonyl (C=O) groups is 1. The van der Waals surface area contributed by atoms with Crippen molar-refractivity contribution in [3.63, 3.8) is 0 Å². The van der Waals surface area contributed by atoms with E-state index in [1.54, 1.807) is 0 Å². The third-order valence-corrected chi connectivity index (χ3v) is 3.35. The Balaban J connectivity index is 2.20. The Labute approximate surface area is 87.5 Å². The van der Waals surface area contributed by atoms with Crippen LogP contribution < -0.4 is 5.32 Å². The van der Waals surface area contributed by atoms with Gasteiger partial charge in [0.05, 0.1) is 0 Å². The first-order chi connectivity index (χ1) is 6.76. The maximum absolute atomic E-state index is 11.7. The molecule has 0 bridgehead atoms. The summed E-state index contributed by atoms with van der Waals surface area (Å²) in [6.45, 7) is 6.51. The van der Waals surface area contributed by atoms with Gasteiger partial charge < -0.3 is 5.32 Å². The average Bonchev–Trinajstić information content (AvgIpc) is 2.66. The van der Waals surface area contributed by atoms with Crippen molar-refractivity contribution < 1.29 is 4.79 Å². The van der Waals surface area contributed by atoms with E-state index in [1.165, 1.54) is 6.42 Å². The monoisotopic (exact) mass is 197 g/mol. The molecule has 14 heavy (non-hydrogen) atoms. The molecular formula is C12H23NO. The minimum absolute atomic E-state index is 0.479. The number of hydrogen-bond acceptors (Lipinski definition) is 2. The molecule has 1 fully saturated rings. The van der Waals surface area contributed by atoms with Crippen LogP contribution in [-0.2, 0) is 4.79 Å². The van der Waals surface area contributed by atoms with Gasteiger partial charge in [-0.2, -0.15) is 0 Å².